The molecule has 128 valence electrons. The average molecular weight is 338 g/mol. The topological polar surface area (TPSA) is 100 Å². The van der Waals surface area contributed by atoms with Crippen LogP contribution in [0, 0.1) is 0 Å². The average Bonchev–Trinajstić information content (AvgIpc) is 3.04. The maximum atomic E-state index is 11.8. The summed E-state index contributed by atoms with van der Waals surface area (Å²) >= 11 is 0. The van der Waals surface area contributed by atoms with Crippen LogP contribution in [-0.4, -0.2) is 40.1 Å². The van der Waals surface area contributed by atoms with Crippen LogP contribution in [0.1, 0.15) is 17.3 Å². The van der Waals surface area contributed by atoms with Crippen molar-refractivity contribution >= 4 is 23.4 Å². The Kier molecular flexibility index (Phi) is 4.60. The lowest BCUT2D eigenvalue weighted by Gasteiger charge is -2.04. The Hall–Kier alpha value is -3.42. The van der Waals surface area contributed by atoms with E-state index < -0.39 is 0 Å². The van der Waals surface area contributed by atoms with Crippen LogP contribution >= 0.6 is 0 Å². The first-order valence-corrected chi connectivity index (χ1v) is 7.84. The van der Waals surface area contributed by atoms with Gasteiger partial charge in [0.15, 0.2) is 11.5 Å². The lowest BCUT2D eigenvalue weighted by atomic mass is 10.1. The number of imidazole rings is 1. The number of fused-ring (bicyclic) bond motifs is 1. The number of hydrogen-bond acceptors (Lipinski definition) is 4. The SMILES string of the molecule is CCNC(=O)Nc1ccc2nc(-c3cccc(C(=O)NC)c3)cn2n1. The van der Waals surface area contributed by atoms with Gasteiger partial charge >= 0.3 is 6.03 Å². The molecular weight excluding hydrogens is 320 g/mol. The van der Waals surface area contributed by atoms with E-state index >= 15 is 0 Å². The quantitative estimate of drug-likeness (QED) is 0.676. The molecule has 8 heteroatoms. The molecule has 0 aliphatic carbocycles. The summed E-state index contributed by atoms with van der Waals surface area (Å²) in [5, 5.41) is 12.2. The highest BCUT2D eigenvalue weighted by Gasteiger charge is 2.10. The summed E-state index contributed by atoms with van der Waals surface area (Å²) in [7, 11) is 1.59. The van der Waals surface area contributed by atoms with Gasteiger partial charge in [0.25, 0.3) is 5.91 Å². The van der Waals surface area contributed by atoms with Gasteiger partial charge in [0.2, 0.25) is 0 Å². The molecule has 3 rings (SSSR count). The van der Waals surface area contributed by atoms with E-state index in [9.17, 15) is 9.59 Å². The number of rotatable bonds is 4. The van der Waals surface area contributed by atoms with Gasteiger partial charge in [-0.15, -0.1) is 5.10 Å². The summed E-state index contributed by atoms with van der Waals surface area (Å²) in [4.78, 5) is 27.9. The normalized spacial score (nSPS) is 10.5. The minimum atomic E-state index is -0.312. The Labute approximate surface area is 144 Å². The van der Waals surface area contributed by atoms with Gasteiger partial charge in [-0.25, -0.2) is 14.3 Å². The second-order valence-electron chi connectivity index (χ2n) is 5.29. The standard InChI is InChI=1S/C17H18N6O2/c1-3-19-17(25)21-14-7-8-15-20-13(10-23(15)22-14)11-5-4-6-12(9-11)16(24)18-2/h4-10H,3H2,1-2H3,(H,18,24)(H2,19,21,22,25). The number of hydrogen-bond donors (Lipinski definition) is 3. The fourth-order valence-electron chi connectivity index (χ4n) is 2.37. The molecule has 0 aliphatic rings. The zero-order valence-electron chi connectivity index (χ0n) is 13.9. The maximum Gasteiger partial charge on any atom is 0.320 e. The second kappa shape index (κ2) is 7.00. The molecule has 0 saturated heterocycles. The minimum Gasteiger partial charge on any atom is -0.355 e. The second-order valence-corrected chi connectivity index (χ2v) is 5.29. The summed E-state index contributed by atoms with van der Waals surface area (Å²) in [6.07, 6.45) is 1.75. The highest BCUT2D eigenvalue weighted by atomic mass is 16.2. The molecule has 0 saturated carbocycles. The largest absolute Gasteiger partial charge is 0.355 e. The van der Waals surface area contributed by atoms with Crippen LogP contribution in [0.3, 0.4) is 0 Å². The Morgan fingerprint density at radius 3 is 2.80 bits per heavy atom. The monoisotopic (exact) mass is 338 g/mol. The predicted octanol–water partition coefficient (Wildman–Crippen LogP) is 1.90. The summed E-state index contributed by atoms with van der Waals surface area (Å²) in [5.74, 6) is 0.263. The molecule has 3 N–H and O–H groups in total. The highest BCUT2D eigenvalue weighted by Crippen LogP contribution is 2.20. The van der Waals surface area contributed by atoms with Crippen molar-refractivity contribution in [3.8, 4) is 11.3 Å². The van der Waals surface area contributed by atoms with Gasteiger partial charge in [-0.3, -0.25) is 10.1 Å². The number of benzene rings is 1. The molecular formula is C17H18N6O2. The molecule has 3 amide bonds. The van der Waals surface area contributed by atoms with Crippen molar-refractivity contribution in [1.82, 2.24) is 25.2 Å². The van der Waals surface area contributed by atoms with Gasteiger partial charge in [-0.2, -0.15) is 0 Å². The molecule has 0 fully saturated rings. The van der Waals surface area contributed by atoms with Gasteiger partial charge in [0.1, 0.15) is 0 Å². The number of anilines is 1. The first kappa shape index (κ1) is 16.4. The molecule has 0 aliphatic heterocycles. The third-order valence-corrected chi connectivity index (χ3v) is 3.55. The van der Waals surface area contributed by atoms with Crippen LogP contribution in [-0.2, 0) is 0 Å². The van der Waals surface area contributed by atoms with Crippen molar-refractivity contribution in [3.63, 3.8) is 0 Å². The first-order valence-electron chi connectivity index (χ1n) is 7.84. The number of aromatic nitrogens is 3. The van der Waals surface area contributed by atoms with Crippen LogP contribution in [0.2, 0.25) is 0 Å². The van der Waals surface area contributed by atoms with Gasteiger partial charge < -0.3 is 10.6 Å². The molecule has 0 spiro atoms. The maximum absolute atomic E-state index is 11.8. The Bertz CT molecular complexity index is 934. The summed E-state index contributed by atoms with van der Waals surface area (Å²) in [6, 6.07) is 10.3. The minimum absolute atomic E-state index is 0.155. The molecule has 2 heterocycles. The third kappa shape index (κ3) is 3.57. The van der Waals surface area contributed by atoms with Crippen molar-refractivity contribution in [1.29, 1.82) is 0 Å². The lowest BCUT2D eigenvalue weighted by molar-refractivity contribution is 0.0963. The number of nitrogens with zero attached hydrogens (tertiary/aromatic N) is 3. The van der Waals surface area contributed by atoms with Crippen LogP contribution in [0.4, 0.5) is 10.6 Å². The van der Waals surface area contributed by atoms with Gasteiger partial charge in [-0.1, -0.05) is 12.1 Å². The first-order chi connectivity index (χ1) is 12.1. The van der Waals surface area contributed by atoms with E-state index in [1.807, 2.05) is 13.0 Å². The number of amides is 3. The Morgan fingerprint density at radius 2 is 2.04 bits per heavy atom. The van der Waals surface area contributed by atoms with Crippen molar-refractivity contribution in [2.24, 2.45) is 0 Å². The predicted molar refractivity (Wildman–Crippen MR) is 94.5 cm³/mol. The van der Waals surface area contributed by atoms with E-state index in [1.54, 1.807) is 48.1 Å². The van der Waals surface area contributed by atoms with Crippen molar-refractivity contribution in [3.05, 3.63) is 48.2 Å². The zero-order valence-corrected chi connectivity index (χ0v) is 13.9. The van der Waals surface area contributed by atoms with Crippen LogP contribution in [0.5, 0.6) is 0 Å². The number of carbonyl (C=O) groups is 2. The molecule has 8 nitrogen and oxygen atoms in total. The molecule has 0 unspecified atom stereocenters. The fourth-order valence-corrected chi connectivity index (χ4v) is 2.37. The molecule has 3 aromatic rings. The van der Waals surface area contributed by atoms with Crippen molar-refractivity contribution in [2.75, 3.05) is 18.9 Å². The van der Waals surface area contributed by atoms with Gasteiger partial charge in [0, 0.05) is 24.7 Å². The molecule has 0 radical (unpaired) electrons. The number of urea groups is 1. The Morgan fingerprint density at radius 1 is 1.20 bits per heavy atom. The van der Waals surface area contributed by atoms with E-state index in [1.165, 1.54) is 0 Å². The summed E-state index contributed by atoms with van der Waals surface area (Å²) < 4.78 is 1.59. The molecule has 0 bridgehead atoms. The smallest absolute Gasteiger partial charge is 0.320 e. The van der Waals surface area contributed by atoms with Crippen LogP contribution < -0.4 is 16.0 Å². The number of nitrogens with one attached hydrogen (secondary N) is 3. The van der Waals surface area contributed by atoms with Gasteiger partial charge in [-0.05, 0) is 31.2 Å². The van der Waals surface area contributed by atoms with Crippen molar-refractivity contribution in [2.45, 2.75) is 6.92 Å². The zero-order chi connectivity index (χ0) is 17.8. The van der Waals surface area contributed by atoms with Crippen molar-refractivity contribution < 1.29 is 9.59 Å². The van der Waals surface area contributed by atoms with E-state index in [2.05, 4.69) is 26.0 Å². The third-order valence-electron chi connectivity index (χ3n) is 3.55. The fraction of sp³-hybridized carbons (Fsp3) is 0.176. The van der Waals surface area contributed by atoms with E-state index in [4.69, 9.17) is 0 Å². The van der Waals surface area contributed by atoms with Gasteiger partial charge in [0.05, 0.1) is 11.9 Å². The Balaban J connectivity index is 1.91. The highest BCUT2D eigenvalue weighted by molar-refractivity contribution is 5.95. The summed E-state index contributed by atoms with van der Waals surface area (Å²) in [6.45, 7) is 2.37. The van der Waals surface area contributed by atoms with E-state index in [0.29, 0.717) is 29.3 Å². The lowest BCUT2D eigenvalue weighted by Crippen LogP contribution is -2.28. The van der Waals surface area contributed by atoms with Crippen LogP contribution in [0.15, 0.2) is 42.6 Å². The van der Waals surface area contributed by atoms with E-state index in [-0.39, 0.29) is 11.9 Å². The van der Waals surface area contributed by atoms with Crippen LogP contribution in [0.25, 0.3) is 16.9 Å². The number of carbonyl (C=O) groups excluding carboxylic acids is 2. The summed E-state index contributed by atoms with van der Waals surface area (Å²) in [5.41, 5.74) is 2.70. The molecule has 0 atom stereocenters. The molecule has 2 aromatic heterocycles. The molecule has 1 aromatic carbocycles. The van der Waals surface area contributed by atoms with E-state index in [0.717, 1.165) is 5.56 Å². The molecule has 25 heavy (non-hydrogen) atoms.